The van der Waals surface area contributed by atoms with Crippen LogP contribution in [0.4, 0.5) is 5.69 Å². The average molecular weight is 380 g/mol. The number of aromatic nitrogens is 1. The first-order valence-electron chi connectivity index (χ1n) is 10.0. The fourth-order valence-corrected chi connectivity index (χ4v) is 3.45. The maximum absolute atomic E-state index is 13.0. The molecule has 0 aliphatic carbocycles. The average Bonchev–Trinajstić information content (AvgIpc) is 2.66. The van der Waals surface area contributed by atoms with Gasteiger partial charge in [-0.2, -0.15) is 0 Å². The summed E-state index contributed by atoms with van der Waals surface area (Å²) in [7, 11) is 0. The highest BCUT2D eigenvalue weighted by molar-refractivity contribution is 5.99. The topological polar surface area (TPSA) is 62.3 Å². The molecule has 28 heavy (non-hydrogen) atoms. The van der Waals surface area contributed by atoms with E-state index in [0.29, 0.717) is 24.4 Å². The molecule has 0 fully saturated rings. The molecule has 0 spiro atoms. The van der Waals surface area contributed by atoms with Gasteiger partial charge in [-0.25, -0.2) is 0 Å². The van der Waals surface area contributed by atoms with Crippen LogP contribution in [-0.2, 0) is 17.6 Å². The molecule has 0 bridgehead atoms. The Morgan fingerprint density at radius 2 is 1.86 bits per heavy atom. The van der Waals surface area contributed by atoms with Gasteiger partial charge in [0.1, 0.15) is 0 Å². The van der Waals surface area contributed by atoms with Gasteiger partial charge in [-0.3, -0.25) is 14.6 Å². The van der Waals surface area contributed by atoms with E-state index in [-0.39, 0.29) is 17.9 Å². The summed E-state index contributed by atoms with van der Waals surface area (Å²) in [6.07, 6.45) is 3.67. The van der Waals surface area contributed by atoms with E-state index >= 15 is 0 Å². The van der Waals surface area contributed by atoms with E-state index in [4.69, 9.17) is 0 Å². The summed E-state index contributed by atoms with van der Waals surface area (Å²) < 4.78 is 0. The van der Waals surface area contributed by atoms with Crippen molar-refractivity contribution in [1.82, 2.24) is 10.3 Å². The zero-order valence-electron chi connectivity index (χ0n) is 17.2. The molecule has 1 N–H and O–H groups in total. The smallest absolute Gasteiger partial charge is 0.253 e. The summed E-state index contributed by atoms with van der Waals surface area (Å²) >= 11 is 0. The van der Waals surface area contributed by atoms with Crippen LogP contribution in [-0.4, -0.2) is 29.4 Å². The summed E-state index contributed by atoms with van der Waals surface area (Å²) in [6, 6.07) is 10.1. The minimum Gasteiger partial charge on any atom is -0.350 e. The fraction of sp³-hybridized carbons (Fsp3) is 0.435. The maximum atomic E-state index is 13.0. The summed E-state index contributed by atoms with van der Waals surface area (Å²) in [5.74, 6) is 0.356. The Morgan fingerprint density at radius 3 is 2.50 bits per heavy atom. The number of pyridine rings is 1. The molecule has 2 amide bonds. The number of fused-ring (bicyclic) bond motifs is 1. The normalized spacial score (nSPS) is 13.6. The first-order valence-corrected chi connectivity index (χ1v) is 10.0. The van der Waals surface area contributed by atoms with Crippen molar-refractivity contribution >= 4 is 17.5 Å². The second-order valence-corrected chi connectivity index (χ2v) is 8.04. The fourth-order valence-electron chi connectivity index (χ4n) is 3.45. The van der Waals surface area contributed by atoms with Crippen LogP contribution in [0.25, 0.3) is 0 Å². The van der Waals surface area contributed by atoms with E-state index in [2.05, 4.69) is 36.3 Å². The molecule has 1 aromatic heterocycles. The van der Waals surface area contributed by atoms with Crippen LogP contribution < -0.4 is 10.2 Å². The highest BCUT2D eigenvalue weighted by atomic mass is 16.2. The number of nitrogens with one attached hydrogen (secondary N) is 1. The third-order valence-corrected chi connectivity index (χ3v) is 5.02. The van der Waals surface area contributed by atoms with Crippen LogP contribution in [0.5, 0.6) is 0 Å². The number of benzene rings is 1. The lowest BCUT2D eigenvalue weighted by atomic mass is 10.00. The molecular formula is C23H29N3O2. The number of rotatable bonds is 5. The molecule has 5 nitrogen and oxygen atoms in total. The van der Waals surface area contributed by atoms with E-state index in [0.717, 1.165) is 29.8 Å². The Kier molecular flexibility index (Phi) is 6.12. The first kappa shape index (κ1) is 20.1. The zero-order valence-corrected chi connectivity index (χ0v) is 17.2. The molecule has 2 aromatic rings. The van der Waals surface area contributed by atoms with E-state index in [9.17, 15) is 9.59 Å². The van der Waals surface area contributed by atoms with Gasteiger partial charge in [-0.1, -0.05) is 38.1 Å². The van der Waals surface area contributed by atoms with Crippen molar-refractivity contribution < 1.29 is 9.59 Å². The standard InChI is InChI=1S/C23H29N3O2/c1-15(2)18-9-7-17(8-10-18)12-22(27)26-11-5-6-20-21(26)13-19(14-24-20)23(28)25-16(3)4/h7-10,13-16H,5-6,11-12H2,1-4H3,(H,25,28). The highest BCUT2D eigenvalue weighted by Crippen LogP contribution is 2.27. The summed E-state index contributed by atoms with van der Waals surface area (Å²) in [4.78, 5) is 31.6. The van der Waals surface area contributed by atoms with Gasteiger partial charge in [0.15, 0.2) is 0 Å². The Morgan fingerprint density at radius 1 is 1.14 bits per heavy atom. The molecule has 3 rings (SSSR count). The Bertz CT molecular complexity index is 857. The number of hydrogen-bond donors (Lipinski definition) is 1. The van der Waals surface area contributed by atoms with Crippen molar-refractivity contribution in [3.05, 3.63) is 58.9 Å². The second-order valence-electron chi connectivity index (χ2n) is 8.04. The SMILES string of the molecule is CC(C)NC(=O)c1cnc2c(c1)N(C(=O)Cc1ccc(C(C)C)cc1)CCC2. The largest absolute Gasteiger partial charge is 0.350 e. The predicted molar refractivity (Wildman–Crippen MR) is 112 cm³/mol. The van der Waals surface area contributed by atoms with Gasteiger partial charge in [0.25, 0.3) is 5.91 Å². The third kappa shape index (κ3) is 4.58. The zero-order chi connectivity index (χ0) is 20.3. The summed E-state index contributed by atoms with van der Waals surface area (Å²) in [5.41, 5.74) is 4.42. The second kappa shape index (κ2) is 8.55. The van der Waals surface area contributed by atoms with Crippen molar-refractivity contribution in [1.29, 1.82) is 0 Å². The number of aryl methyl sites for hydroxylation is 1. The van der Waals surface area contributed by atoms with Gasteiger partial charge in [0.2, 0.25) is 5.91 Å². The lowest BCUT2D eigenvalue weighted by Crippen LogP contribution is -2.37. The van der Waals surface area contributed by atoms with Gasteiger partial charge < -0.3 is 10.2 Å². The molecule has 148 valence electrons. The minimum atomic E-state index is -0.160. The van der Waals surface area contributed by atoms with Crippen LogP contribution in [0.2, 0.25) is 0 Å². The Labute approximate surface area is 167 Å². The maximum Gasteiger partial charge on any atom is 0.253 e. The van der Waals surface area contributed by atoms with Crippen LogP contribution in [0.3, 0.4) is 0 Å². The van der Waals surface area contributed by atoms with Crippen molar-refractivity contribution in [2.75, 3.05) is 11.4 Å². The number of carbonyl (C=O) groups is 2. The van der Waals surface area contributed by atoms with Crippen LogP contribution in [0.1, 0.15) is 67.2 Å². The third-order valence-electron chi connectivity index (χ3n) is 5.02. The van der Waals surface area contributed by atoms with Gasteiger partial charge in [-0.15, -0.1) is 0 Å². The molecule has 1 aliphatic rings. The van der Waals surface area contributed by atoms with Crippen LogP contribution >= 0.6 is 0 Å². The number of amides is 2. The Hall–Kier alpha value is -2.69. The van der Waals surface area contributed by atoms with E-state index in [1.165, 1.54) is 5.56 Å². The van der Waals surface area contributed by atoms with E-state index < -0.39 is 0 Å². The van der Waals surface area contributed by atoms with Gasteiger partial charge in [0, 0.05) is 18.8 Å². The lowest BCUT2D eigenvalue weighted by molar-refractivity contribution is -0.118. The predicted octanol–water partition coefficient (Wildman–Crippen LogP) is 3.87. The molecule has 0 saturated heterocycles. The van der Waals surface area contributed by atoms with Crippen molar-refractivity contribution in [2.45, 2.75) is 58.9 Å². The molecule has 0 unspecified atom stereocenters. The van der Waals surface area contributed by atoms with Crippen LogP contribution in [0, 0.1) is 0 Å². The molecule has 1 aliphatic heterocycles. The Balaban J connectivity index is 1.80. The van der Waals surface area contributed by atoms with Crippen molar-refractivity contribution in [3.63, 3.8) is 0 Å². The van der Waals surface area contributed by atoms with Gasteiger partial charge >= 0.3 is 0 Å². The van der Waals surface area contributed by atoms with Gasteiger partial charge in [-0.05, 0) is 49.8 Å². The van der Waals surface area contributed by atoms with Crippen molar-refractivity contribution in [3.8, 4) is 0 Å². The van der Waals surface area contributed by atoms with Crippen molar-refractivity contribution in [2.24, 2.45) is 0 Å². The number of anilines is 1. The number of hydrogen-bond acceptors (Lipinski definition) is 3. The lowest BCUT2D eigenvalue weighted by Gasteiger charge is -2.29. The monoisotopic (exact) mass is 379 g/mol. The molecule has 5 heteroatoms. The van der Waals surface area contributed by atoms with E-state index in [1.807, 2.05) is 26.0 Å². The van der Waals surface area contributed by atoms with E-state index in [1.54, 1.807) is 17.2 Å². The molecule has 1 aromatic carbocycles. The minimum absolute atomic E-state index is 0.0430. The quantitative estimate of drug-likeness (QED) is 0.858. The molecule has 2 heterocycles. The number of carbonyl (C=O) groups excluding carboxylic acids is 2. The summed E-state index contributed by atoms with van der Waals surface area (Å²) in [5, 5.41) is 2.88. The first-order chi connectivity index (χ1) is 13.3. The summed E-state index contributed by atoms with van der Waals surface area (Å²) in [6.45, 7) is 8.82. The van der Waals surface area contributed by atoms with Gasteiger partial charge in [0.05, 0.1) is 23.4 Å². The van der Waals surface area contributed by atoms with Crippen LogP contribution in [0.15, 0.2) is 36.5 Å². The molecule has 0 radical (unpaired) electrons. The molecule has 0 saturated carbocycles. The molecular weight excluding hydrogens is 350 g/mol. The number of nitrogens with zero attached hydrogens (tertiary/aromatic N) is 2. The highest BCUT2D eigenvalue weighted by Gasteiger charge is 2.25. The molecule has 0 atom stereocenters.